The van der Waals surface area contributed by atoms with Crippen LogP contribution >= 0.6 is 15.9 Å². The number of halogens is 1. The topological polar surface area (TPSA) is 18.5 Å². The molecule has 2 nitrogen and oxygen atoms in total. The molecule has 0 saturated carbocycles. The molecule has 23 heavy (non-hydrogen) atoms. The highest BCUT2D eigenvalue weighted by molar-refractivity contribution is 9.10. The smallest absolute Gasteiger partial charge is 0.134 e. The van der Waals surface area contributed by atoms with Gasteiger partial charge in [0.25, 0.3) is 0 Å². The number of rotatable bonds is 6. The molecule has 0 saturated heterocycles. The molecule has 0 atom stereocenters. The minimum atomic E-state index is 0.545. The van der Waals surface area contributed by atoms with Crippen LogP contribution < -0.4 is 9.47 Å². The maximum absolute atomic E-state index is 5.84. The van der Waals surface area contributed by atoms with Gasteiger partial charge in [0, 0.05) is 0 Å². The summed E-state index contributed by atoms with van der Waals surface area (Å²) in [6.07, 6.45) is 0. The molecule has 0 aromatic heterocycles. The Morgan fingerprint density at radius 2 is 1.22 bits per heavy atom. The lowest BCUT2D eigenvalue weighted by Crippen LogP contribution is -1.97. The van der Waals surface area contributed by atoms with Crippen LogP contribution in [0, 0.1) is 0 Å². The number of benzene rings is 3. The molecule has 3 rings (SSSR count). The second-order valence-corrected chi connectivity index (χ2v) is 6.00. The van der Waals surface area contributed by atoms with Gasteiger partial charge in [0.1, 0.15) is 24.7 Å². The van der Waals surface area contributed by atoms with Gasteiger partial charge in [-0.2, -0.15) is 0 Å². The Labute approximate surface area is 144 Å². The van der Waals surface area contributed by atoms with Crippen molar-refractivity contribution in [3.8, 4) is 11.5 Å². The van der Waals surface area contributed by atoms with Crippen molar-refractivity contribution in [2.75, 3.05) is 0 Å². The minimum absolute atomic E-state index is 0.545. The van der Waals surface area contributed by atoms with E-state index >= 15 is 0 Å². The first kappa shape index (κ1) is 15.6. The molecule has 0 fully saturated rings. The van der Waals surface area contributed by atoms with Crippen LogP contribution in [0.1, 0.15) is 11.1 Å². The molecular weight excluding hydrogens is 352 g/mol. The first-order valence-electron chi connectivity index (χ1n) is 7.44. The van der Waals surface area contributed by atoms with Crippen molar-refractivity contribution in [2.45, 2.75) is 13.2 Å². The Bertz CT molecular complexity index is 742. The zero-order valence-corrected chi connectivity index (χ0v) is 14.2. The van der Waals surface area contributed by atoms with E-state index < -0.39 is 0 Å². The van der Waals surface area contributed by atoms with Gasteiger partial charge in [-0.05, 0) is 45.3 Å². The fourth-order valence-corrected chi connectivity index (χ4v) is 2.64. The highest BCUT2D eigenvalue weighted by atomic mass is 79.9. The number of hydrogen-bond donors (Lipinski definition) is 0. The summed E-state index contributed by atoms with van der Waals surface area (Å²) in [6.45, 7) is 1.10. The third-order valence-electron chi connectivity index (χ3n) is 3.39. The van der Waals surface area contributed by atoms with Crippen LogP contribution in [0.15, 0.2) is 83.3 Å². The summed E-state index contributed by atoms with van der Waals surface area (Å²) in [5.41, 5.74) is 2.29. The Hall–Kier alpha value is -2.26. The van der Waals surface area contributed by atoms with Crippen LogP contribution in [0.3, 0.4) is 0 Å². The molecular formula is C20H17BrO2. The highest BCUT2D eigenvalue weighted by Crippen LogP contribution is 2.30. The lowest BCUT2D eigenvalue weighted by molar-refractivity contribution is 0.295. The second-order valence-electron chi connectivity index (χ2n) is 5.14. The molecule has 0 aliphatic rings. The minimum Gasteiger partial charge on any atom is -0.489 e. The maximum atomic E-state index is 5.84. The molecule has 0 aliphatic heterocycles. The van der Waals surface area contributed by atoms with Crippen LogP contribution in [0.2, 0.25) is 0 Å². The van der Waals surface area contributed by atoms with E-state index in [9.17, 15) is 0 Å². The van der Waals surface area contributed by atoms with E-state index in [0.29, 0.717) is 13.2 Å². The molecule has 0 heterocycles. The van der Waals surface area contributed by atoms with Gasteiger partial charge in [-0.1, -0.05) is 60.7 Å². The van der Waals surface area contributed by atoms with Gasteiger partial charge in [0.05, 0.1) is 4.47 Å². The van der Waals surface area contributed by atoms with Gasteiger partial charge >= 0.3 is 0 Å². The summed E-state index contributed by atoms with van der Waals surface area (Å²) in [7, 11) is 0. The second kappa shape index (κ2) is 7.84. The summed E-state index contributed by atoms with van der Waals surface area (Å²) in [5, 5.41) is 0. The molecule has 0 bridgehead atoms. The summed E-state index contributed by atoms with van der Waals surface area (Å²) < 4.78 is 12.5. The summed E-state index contributed by atoms with van der Waals surface area (Å²) in [4.78, 5) is 0. The molecule has 0 radical (unpaired) electrons. The third-order valence-corrected chi connectivity index (χ3v) is 4.01. The summed E-state index contributed by atoms with van der Waals surface area (Å²) in [6, 6.07) is 26.0. The standard InChI is InChI=1S/C20H17BrO2/c21-19-13-18(22-14-16-7-3-1-4-8-16)11-12-20(19)23-15-17-9-5-2-6-10-17/h1-13H,14-15H2. The van der Waals surface area contributed by atoms with Gasteiger partial charge < -0.3 is 9.47 Å². The largest absolute Gasteiger partial charge is 0.489 e. The quantitative estimate of drug-likeness (QED) is 0.563. The van der Waals surface area contributed by atoms with Crippen molar-refractivity contribution in [3.63, 3.8) is 0 Å². The third kappa shape index (κ3) is 4.60. The van der Waals surface area contributed by atoms with Crippen molar-refractivity contribution < 1.29 is 9.47 Å². The van der Waals surface area contributed by atoms with Crippen molar-refractivity contribution in [1.82, 2.24) is 0 Å². The van der Waals surface area contributed by atoms with E-state index in [2.05, 4.69) is 15.9 Å². The van der Waals surface area contributed by atoms with Crippen molar-refractivity contribution in [3.05, 3.63) is 94.5 Å². The molecule has 0 N–H and O–H groups in total. The molecule has 0 aliphatic carbocycles. The number of hydrogen-bond acceptors (Lipinski definition) is 2. The molecule has 0 amide bonds. The average molecular weight is 369 g/mol. The van der Waals surface area contributed by atoms with E-state index in [4.69, 9.17) is 9.47 Å². The first-order chi connectivity index (χ1) is 11.3. The Balaban J connectivity index is 1.59. The van der Waals surface area contributed by atoms with Crippen molar-refractivity contribution >= 4 is 15.9 Å². The normalized spacial score (nSPS) is 10.3. The Morgan fingerprint density at radius 3 is 1.78 bits per heavy atom. The number of ether oxygens (including phenoxy) is 2. The fraction of sp³-hybridized carbons (Fsp3) is 0.100. The van der Waals surface area contributed by atoms with Gasteiger partial charge in [-0.3, -0.25) is 0 Å². The monoisotopic (exact) mass is 368 g/mol. The molecule has 3 aromatic rings. The maximum Gasteiger partial charge on any atom is 0.134 e. The molecule has 0 unspecified atom stereocenters. The molecule has 3 heteroatoms. The molecule has 0 spiro atoms. The van der Waals surface area contributed by atoms with Gasteiger partial charge in [-0.15, -0.1) is 0 Å². The summed E-state index contributed by atoms with van der Waals surface area (Å²) in [5.74, 6) is 1.62. The molecule has 3 aromatic carbocycles. The molecule has 116 valence electrons. The van der Waals surface area contributed by atoms with Gasteiger partial charge in [0.2, 0.25) is 0 Å². The Kier molecular flexibility index (Phi) is 5.33. The van der Waals surface area contributed by atoms with E-state index in [1.54, 1.807) is 0 Å². The highest BCUT2D eigenvalue weighted by Gasteiger charge is 2.04. The zero-order chi connectivity index (χ0) is 15.9. The SMILES string of the molecule is Brc1cc(OCc2ccccc2)ccc1OCc1ccccc1. The van der Waals surface area contributed by atoms with Gasteiger partial charge in [-0.25, -0.2) is 0 Å². The van der Waals surface area contributed by atoms with Crippen LogP contribution in [-0.4, -0.2) is 0 Å². The van der Waals surface area contributed by atoms with E-state index in [1.807, 2.05) is 78.9 Å². The summed E-state index contributed by atoms with van der Waals surface area (Å²) >= 11 is 3.54. The first-order valence-corrected chi connectivity index (χ1v) is 8.23. The van der Waals surface area contributed by atoms with E-state index in [1.165, 1.54) is 0 Å². The van der Waals surface area contributed by atoms with Crippen molar-refractivity contribution in [1.29, 1.82) is 0 Å². The van der Waals surface area contributed by atoms with Crippen LogP contribution in [0.25, 0.3) is 0 Å². The van der Waals surface area contributed by atoms with E-state index in [-0.39, 0.29) is 0 Å². The van der Waals surface area contributed by atoms with Crippen LogP contribution in [0.4, 0.5) is 0 Å². The lowest BCUT2D eigenvalue weighted by atomic mass is 10.2. The Morgan fingerprint density at radius 1 is 0.652 bits per heavy atom. The van der Waals surface area contributed by atoms with Crippen LogP contribution in [0.5, 0.6) is 11.5 Å². The average Bonchev–Trinajstić information content (AvgIpc) is 2.61. The van der Waals surface area contributed by atoms with E-state index in [0.717, 1.165) is 27.1 Å². The predicted octanol–water partition coefficient (Wildman–Crippen LogP) is 5.61. The van der Waals surface area contributed by atoms with Crippen molar-refractivity contribution in [2.24, 2.45) is 0 Å². The predicted molar refractivity (Wildman–Crippen MR) is 95.7 cm³/mol. The zero-order valence-electron chi connectivity index (χ0n) is 12.6. The lowest BCUT2D eigenvalue weighted by Gasteiger charge is -2.11. The fourth-order valence-electron chi connectivity index (χ4n) is 2.16. The van der Waals surface area contributed by atoms with Gasteiger partial charge in [0.15, 0.2) is 0 Å². The van der Waals surface area contributed by atoms with Crippen LogP contribution in [-0.2, 0) is 13.2 Å².